The fourth-order valence-corrected chi connectivity index (χ4v) is 4.32. The number of carbonyl (C=O) groups excluding carboxylic acids is 2. The molecule has 1 atom stereocenters. The maximum Gasteiger partial charge on any atom is 0.410 e. The monoisotopic (exact) mass is 359 g/mol. The molecule has 0 saturated carbocycles. The highest BCUT2D eigenvalue weighted by atomic mass is 16.6. The van der Waals surface area contributed by atoms with Crippen LogP contribution in [0, 0.1) is 0 Å². The average molecular weight is 359 g/mol. The molecule has 0 aromatic carbocycles. The molecule has 0 bridgehead atoms. The van der Waals surface area contributed by atoms with Gasteiger partial charge in [-0.05, 0) is 31.2 Å². The summed E-state index contributed by atoms with van der Waals surface area (Å²) in [6, 6.07) is 0. The van der Waals surface area contributed by atoms with Crippen molar-refractivity contribution in [2.45, 2.75) is 31.1 Å². The number of aryl methyl sites for hydroxylation is 1. The first-order chi connectivity index (χ1) is 12.5. The number of anilines is 1. The second-order valence-corrected chi connectivity index (χ2v) is 7.67. The van der Waals surface area contributed by atoms with Crippen LogP contribution < -0.4 is 4.90 Å². The number of likely N-dealkylation sites (tertiary alicyclic amines) is 1. The number of cyclic esters (lactones) is 1. The Bertz CT molecular complexity index is 734. The standard InChI is InChI=1S/C18H25N5O3/c1-21(2)16-19-10-13-4-6-18(15(13)20-16)5-3-7-23(12-18)14(24)11-22-8-9-26-17(22)25/h10H,3-9,11-12H2,1-2H3. The van der Waals surface area contributed by atoms with E-state index in [1.165, 1.54) is 10.5 Å². The van der Waals surface area contributed by atoms with E-state index in [9.17, 15) is 9.59 Å². The van der Waals surface area contributed by atoms with Crippen molar-refractivity contribution < 1.29 is 14.3 Å². The van der Waals surface area contributed by atoms with E-state index in [1.807, 2.05) is 30.1 Å². The van der Waals surface area contributed by atoms with E-state index in [0.29, 0.717) is 25.6 Å². The number of fused-ring (bicyclic) bond motifs is 2. The lowest BCUT2D eigenvalue weighted by molar-refractivity contribution is -0.134. The van der Waals surface area contributed by atoms with Gasteiger partial charge in [-0.1, -0.05) is 0 Å². The summed E-state index contributed by atoms with van der Waals surface area (Å²) in [5.74, 6) is 0.714. The van der Waals surface area contributed by atoms with E-state index < -0.39 is 0 Å². The molecule has 1 spiro atoms. The SMILES string of the molecule is CN(C)c1ncc2c(n1)C1(CCCN(C(=O)CN3CCOC3=O)C1)CC2. The molecular formula is C18H25N5O3. The van der Waals surface area contributed by atoms with Gasteiger partial charge in [-0.25, -0.2) is 14.8 Å². The van der Waals surface area contributed by atoms with Crippen LogP contribution in [0.2, 0.25) is 0 Å². The molecule has 3 aliphatic rings. The third kappa shape index (κ3) is 2.87. The van der Waals surface area contributed by atoms with Gasteiger partial charge in [0.15, 0.2) is 0 Å². The summed E-state index contributed by atoms with van der Waals surface area (Å²) >= 11 is 0. The Morgan fingerprint density at radius 2 is 2.19 bits per heavy atom. The zero-order valence-corrected chi connectivity index (χ0v) is 15.4. The summed E-state index contributed by atoms with van der Waals surface area (Å²) in [4.78, 5) is 38.9. The molecule has 1 aromatic heterocycles. The summed E-state index contributed by atoms with van der Waals surface area (Å²) in [5, 5.41) is 0. The first-order valence-electron chi connectivity index (χ1n) is 9.22. The molecule has 1 unspecified atom stereocenters. The van der Waals surface area contributed by atoms with Crippen LogP contribution in [0.25, 0.3) is 0 Å². The van der Waals surface area contributed by atoms with E-state index in [4.69, 9.17) is 9.72 Å². The summed E-state index contributed by atoms with van der Waals surface area (Å²) in [5.41, 5.74) is 2.23. The van der Waals surface area contributed by atoms with Crippen LogP contribution in [0.15, 0.2) is 6.20 Å². The van der Waals surface area contributed by atoms with E-state index in [2.05, 4.69) is 4.98 Å². The Balaban J connectivity index is 1.53. The summed E-state index contributed by atoms with van der Waals surface area (Å²) < 4.78 is 4.92. The van der Waals surface area contributed by atoms with Crippen LogP contribution in [0.1, 0.15) is 30.5 Å². The minimum Gasteiger partial charge on any atom is -0.448 e. The van der Waals surface area contributed by atoms with Crippen LogP contribution in [-0.2, 0) is 21.4 Å². The smallest absolute Gasteiger partial charge is 0.410 e. The number of carbonyl (C=O) groups is 2. The molecule has 26 heavy (non-hydrogen) atoms. The number of hydrogen-bond donors (Lipinski definition) is 0. The van der Waals surface area contributed by atoms with Crippen molar-refractivity contribution in [1.29, 1.82) is 0 Å². The van der Waals surface area contributed by atoms with Gasteiger partial charge in [-0.15, -0.1) is 0 Å². The zero-order valence-electron chi connectivity index (χ0n) is 15.4. The first kappa shape index (κ1) is 17.1. The topological polar surface area (TPSA) is 78.9 Å². The molecule has 8 nitrogen and oxygen atoms in total. The number of ether oxygens (including phenoxy) is 1. The van der Waals surface area contributed by atoms with Crippen molar-refractivity contribution in [1.82, 2.24) is 19.8 Å². The lowest BCUT2D eigenvalue weighted by Crippen LogP contribution is -2.50. The Morgan fingerprint density at radius 3 is 2.92 bits per heavy atom. The molecule has 2 amide bonds. The number of aromatic nitrogens is 2. The lowest BCUT2D eigenvalue weighted by atomic mass is 9.77. The molecule has 4 rings (SSSR count). The van der Waals surface area contributed by atoms with Crippen molar-refractivity contribution in [2.24, 2.45) is 0 Å². The third-order valence-corrected chi connectivity index (χ3v) is 5.73. The highest BCUT2D eigenvalue weighted by molar-refractivity contribution is 5.83. The second kappa shape index (κ2) is 6.41. The Morgan fingerprint density at radius 1 is 1.35 bits per heavy atom. The minimum absolute atomic E-state index is 0.00161. The highest BCUT2D eigenvalue weighted by Crippen LogP contribution is 2.44. The van der Waals surface area contributed by atoms with Crippen molar-refractivity contribution in [3.8, 4) is 0 Å². The molecule has 0 radical (unpaired) electrons. The minimum atomic E-state index is -0.389. The summed E-state index contributed by atoms with van der Waals surface area (Å²) in [6.45, 7) is 2.38. The predicted molar refractivity (Wildman–Crippen MR) is 95.1 cm³/mol. The van der Waals surface area contributed by atoms with Gasteiger partial charge in [0, 0.05) is 38.8 Å². The van der Waals surface area contributed by atoms with Crippen LogP contribution >= 0.6 is 0 Å². The quantitative estimate of drug-likeness (QED) is 0.794. The lowest BCUT2D eigenvalue weighted by Gasteiger charge is -2.41. The van der Waals surface area contributed by atoms with Gasteiger partial charge in [0.05, 0.1) is 12.2 Å². The number of amides is 2. The average Bonchev–Trinajstić information content (AvgIpc) is 3.19. The fourth-order valence-electron chi connectivity index (χ4n) is 4.32. The largest absolute Gasteiger partial charge is 0.448 e. The molecule has 0 N–H and O–H groups in total. The maximum atomic E-state index is 12.8. The zero-order chi connectivity index (χ0) is 18.3. The molecule has 2 aliphatic heterocycles. The Kier molecular flexibility index (Phi) is 4.20. The summed E-state index contributed by atoms with van der Waals surface area (Å²) in [6.07, 6.45) is 5.51. The van der Waals surface area contributed by atoms with Gasteiger partial charge in [0.25, 0.3) is 0 Å². The number of rotatable bonds is 3. The van der Waals surface area contributed by atoms with Gasteiger partial charge in [0.2, 0.25) is 11.9 Å². The Hall–Kier alpha value is -2.38. The van der Waals surface area contributed by atoms with Gasteiger partial charge >= 0.3 is 6.09 Å². The van der Waals surface area contributed by atoms with Gasteiger partial charge in [0.1, 0.15) is 13.2 Å². The van der Waals surface area contributed by atoms with E-state index >= 15 is 0 Å². The molecule has 1 aromatic rings. The molecule has 2 saturated heterocycles. The summed E-state index contributed by atoms with van der Waals surface area (Å²) in [7, 11) is 3.88. The second-order valence-electron chi connectivity index (χ2n) is 7.67. The van der Waals surface area contributed by atoms with Crippen LogP contribution in [0.3, 0.4) is 0 Å². The number of piperidine rings is 1. The molecule has 3 heterocycles. The highest BCUT2D eigenvalue weighted by Gasteiger charge is 2.45. The third-order valence-electron chi connectivity index (χ3n) is 5.73. The van der Waals surface area contributed by atoms with Gasteiger partial charge < -0.3 is 14.5 Å². The number of hydrogen-bond acceptors (Lipinski definition) is 6. The predicted octanol–water partition coefficient (Wildman–Crippen LogP) is 0.801. The maximum absolute atomic E-state index is 12.8. The molecule has 140 valence electrons. The van der Waals surface area contributed by atoms with E-state index in [0.717, 1.165) is 37.9 Å². The first-order valence-corrected chi connectivity index (χ1v) is 9.22. The Labute approximate surface area is 153 Å². The van der Waals surface area contributed by atoms with Crippen molar-refractivity contribution in [3.05, 3.63) is 17.5 Å². The molecule has 2 fully saturated rings. The number of nitrogens with zero attached hydrogens (tertiary/aromatic N) is 5. The van der Waals surface area contributed by atoms with E-state index in [-0.39, 0.29) is 24.0 Å². The van der Waals surface area contributed by atoms with Gasteiger partial charge in [-0.3, -0.25) is 9.69 Å². The van der Waals surface area contributed by atoms with Crippen molar-refractivity contribution in [2.75, 3.05) is 51.8 Å². The van der Waals surface area contributed by atoms with Crippen LogP contribution in [0.4, 0.5) is 10.7 Å². The molecular weight excluding hydrogens is 334 g/mol. The molecule has 8 heteroatoms. The van der Waals surface area contributed by atoms with Crippen molar-refractivity contribution in [3.63, 3.8) is 0 Å². The van der Waals surface area contributed by atoms with Gasteiger partial charge in [-0.2, -0.15) is 0 Å². The van der Waals surface area contributed by atoms with Crippen LogP contribution in [-0.4, -0.2) is 78.6 Å². The normalized spacial score (nSPS) is 24.8. The van der Waals surface area contributed by atoms with Crippen molar-refractivity contribution >= 4 is 17.9 Å². The van der Waals surface area contributed by atoms with E-state index in [1.54, 1.807) is 0 Å². The molecule has 1 aliphatic carbocycles. The van der Waals surface area contributed by atoms with Crippen LogP contribution in [0.5, 0.6) is 0 Å². The fraction of sp³-hybridized carbons (Fsp3) is 0.667.